The van der Waals surface area contributed by atoms with Gasteiger partial charge in [-0.1, -0.05) is 52.4 Å². The van der Waals surface area contributed by atoms with Crippen molar-refractivity contribution in [2.75, 3.05) is 11.5 Å². The first-order valence-corrected chi connectivity index (χ1v) is 12.1. The van der Waals surface area contributed by atoms with Crippen molar-refractivity contribution in [2.24, 2.45) is 0 Å². The van der Waals surface area contributed by atoms with Crippen LogP contribution in [0.25, 0.3) is 0 Å². The van der Waals surface area contributed by atoms with Gasteiger partial charge in [0.15, 0.2) is 0 Å². The van der Waals surface area contributed by atoms with Gasteiger partial charge >= 0.3 is 11.9 Å². The molecule has 0 radical (unpaired) electrons. The Hall–Kier alpha value is -3.02. The fourth-order valence-corrected chi connectivity index (χ4v) is 3.69. The van der Waals surface area contributed by atoms with E-state index in [1.54, 1.807) is 48.5 Å². The standard InChI is InChI=1S/C27H38N2O4/c1-3-5-7-9-19-27(20-10-8-6-4-2,32-25(30)21-11-15-23(28)16-12-21)33-26(31)22-13-17-24(29)18-14-22/h11-18H,3-10,19-20,28-29H2,1-2H3. The minimum absolute atomic E-state index is 0.374. The van der Waals surface area contributed by atoms with Crippen molar-refractivity contribution in [3.8, 4) is 0 Å². The van der Waals surface area contributed by atoms with Crippen molar-refractivity contribution in [2.45, 2.75) is 83.8 Å². The second-order valence-electron chi connectivity index (χ2n) is 8.56. The summed E-state index contributed by atoms with van der Waals surface area (Å²) in [5.74, 6) is -2.37. The van der Waals surface area contributed by atoms with E-state index in [0.717, 1.165) is 51.4 Å². The second kappa shape index (κ2) is 13.5. The molecule has 0 atom stereocenters. The number of hydrogen-bond acceptors (Lipinski definition) is 6. The van der Waals surface area contributed by atoms with Crippen LogP contribution in [0.15, 0.2) is 48.5 Å². The summed E-state index contributed by atoms with van der Waals surface area (Å²) in [7, 11) is 0. The Balaban J connectivity index is 2.29. The van der Waals surface area contributed by atoms with E-state index in [1.807, 2.05) is 0 Å². The van der Waals surface area contributed by atoms with Crippen LogP contribution in [0.4, 0.5) is 11.4 Å². The Morgan fingerprint density at radius 2 is 1.00 bits per heavy atom. The molecule has 0 aliphatic carbocycles. The number of carbonyl (C=O) groups is 2. The van der Waals surface area contributed by atoms with E-state index in [9.17, 15) is 9.59 Å². The third-order valence-corrected chi connectivity index (χ3v) is 5.67. The molecule has 0 saturated carbocycles. The highest BCUT2D eigenvalue weighted by atomic mass is 16.7. The van der Waals surface area contributed by atoms with E-state index < -0.39 is 17.7 Å². The molecule has 0 amide bonds. The lowest BCUT2D eigenvalue weighted by Gasteiger charge is -2.33. The molecule has 0 unspecified atom stereocenters. The minimum Gasteiger partial charge on any atom is -0.419 e. The molecule has 180 valence electrons. The summed E-state index contributed by atoms with van der Waals surface area (Å²) in [6.07, 6.45) is 8.78. The first-order valence-electron chi connectivity index (χ1n) is 12.1. The topological polar surface area (TPSA) is 105 Å². The third kappa shape index (κ3) is 8.79. The van der Waals surface area contributed by atoms with E-state index in [2.05, 4.69) is 13.8 Å². The lowest BCUT2D eigenvalue weighted by Crippen LogP contribution is -2.40. The zero-order chi connectivity index (χ0) is 24.1. The molecule has 4 N–H and O–H groups in total. The summed E-state index contributed by atoms with van der Waals surface area (Å²) in [6.45, 7) is 4.28. The zero-order valence-electron chi connectivity index (χ0n) is 20.0. The zero-order valence-corrected chi connectivity index (χ0v) is 20.0. The molecular weight excluding hydrogens is 416 g/mol. The summed E-state index contributed by atoms with van der Waals surface area (Å²) in [5.41, 5.74) is 13.4. The van der Waals surface area contributed by atoms with E-state index in [4.69, 9.17) is 20.9 Å². The quantitative estimate of drug-likeness (QED) is 0.146. The Morgan fingerprint density at radius 3 is 1.33 bits per heavy atom. The fraction of sp³-hybridized carbons (Fsp3) is 0.481. The van der Waals surface area contributed by atoms with Crippen LogP contribution >= 0.6 is 0 Å². The molecule has 6 heteroatoms. The lowest BCUT2D eigenvalue weighted by molar-refractivity contribution is -0.179. The number of rotatable bonds is 14. The van der Waals surface area contributed by atoms with Crippen molar-refractivity contribution < 1.29 is 19.1 Å². The summed E-state index contributed by atoms with van der Waals surface area (Å²) < 4.78 is 12.0. The Morgan fingerprint density at radius 1 is 0.636 bits per heavy atom. The average molecular weight is 455 g/mol. The predicted octanol–water partition coefficient (Wildman–Crippen LogP) is 6.50. The van der Waals surface area contributed by atoms with E-state index in [-0.39, 0.29) is 0 Å². The SMILES string of the molecule is CCCCCCC(CCCCCC)(OC(=O)c1ccc(N)cc1)OC(=O)c1ccc(N)cc1. The van der Waals surface area contributed by atoms with Gasteiger partial charge in [0.2, 0.25) is 0 Å². The van der Waals surface area contributed by atoms with Crippen molar-refractivity contribution >= 4 is 23.3 Å². The van der Waals surface area contributed by atoms with Crippen LogP contribution in [0.3, 0.4) is 0 Å². The molecule has 33 heavy (non-hydrogen) atoms. The second-order valence-corrected chi connectivity index (χ2v) is 8.56. The van der Waals surface area contributed by atoms with Crippen LogP contribution in [-0.4, -0.2) is 17.7 Å². The maximum Gasteiger partial charge on any atom is 0.341 e. The highest BCUT2D eigenvalue weighted by molar-refractivity contribution is 5.91. The van der Waals surface area contributed by atoms with Crippen LogP contribution < -0.4 is 11.5 Å². The van der Waals surface area contributed by atoms with Gasteiger partial charge in [0, 0.05) is 24.2 Å². The minimum atomic E-state index is -1.32. The summed E-state index contributed by atoms with van der Waals surface area (Å²) >= 11 is 0. The molecule has 2 rings (SSSR count). The molecule has 0 aliphatic heterocycles. The number of hydrogen-bond donors (Lipinski definition) is 2. The van der Waals surface area contributed by atoms with Gasteiger partial charge in [0.1, 0.15) is 0 Å². The molecule has 2 aromatic carbocycles. The third-order valence-electron chi connectivity index (χ3n) is 5.67. The van der Waals surface area contributed by atoms with Gasteiger partial charge in [0.05, 0.1) is 11.1 Å². The van der Waals surface area contributed by atoms with Crippen LogP contribution in [0, 0.1) is 0 Å². The molecule has 0 fully saturated rings. The highest BCUT2D eigenvalue weighted by Gasteiger charge is 2.38. The van der Waals surface area contributed by atoms with Gasteiger partial charge in [-0.2, -0.15) is 0 Å². The molecule has 2 aromatic rings. The normalized spacial score (nSPS) is 11.2. The maximum absolute atomic E-state index is 13.0. The Bertz CT molecular complexity index is 789. The predicted molar refractivity (Wildman–Crippen MR) is 133 cm³/mol. The molecule has 0 bridgehead atoms. The number of benzene rings is 2. The van der Waals surface area contributed by atoms with Crippen molar-refractivity contribution in [1.29, 1.82) is 0 Å². The average Bonchev–Trinajstić information content (AvgIpc) is 2.80. The van der Waals surface area contributed by atoms with Gasteiger partial charge in [-0.25, -0.2) is 9.59 Å². The van der Waals surface area contributed by atoms with Gasteiger partial charge < -0.3 is 20.9 Å². The summed E-state index contributed by atoms with van der Waals surface area (Å²) in [4.78, 5) is 26.1. The van der Waals surface area contributed by atoms with Crippen molar-refractivity contribution in [3.63, 3.8) is 0 Å². The molecule has 0 heterocycles. The largest absolute Gasteiger partial charge is 0.419 e. The lowest BCUT2D eigenvalue weighted by atomic mass is 9.99. The number of carbonyl (C=O) groups excluding carboxylic acids is 2. The first-order chi connectivity index (χ1) is 15.9. The molecule has 0 aromatic heterocycles. The van der Waals surface area contributed by atoms with Gasteiger partial charge in [-0.3, -0.25) is 0 Å². The number of nitrogen functional groups attached to an aromatic ring is 2. The summed E-state index contributed by atoms with van der Waals surface area (Å²) in [6, 6.07) is 13.1. The molecule has 0 spiro atoms. The van der Waals surface area contributed by atoms with Crippen LogP contribution in [-0.2, 0) is 9.47 Å². The summed E-state index contributed by atoms with van der Waals surface area (Å²) in [5, 5.41) is 0. The Kier molecular flexibility index (Phi) is 10.7. The van der Waals surface area contributed by atoms with Crippen LogP contribution in [0.2, 0.25) is 0 Å². The number of unbranched alkanes of at least 4 members (excludes halogenated alkanes) is 6. The fourth-order valence-electron chi connectivity index (χ4n) is 3.69. The Labute approximate surface area is 197 Å². The van der Waals surface area contributed by atoms with E-state index >= 15 is 0 Å². The van der Waals surface area contributed by atoms with Crippen molar-refractivity contribution in [3.05, 3.63) is 59.7 Å². The number of nitrogens with two attached hydrogens (primary N) is 2. The molecule has 6 nitrogen and oxygen atoms in total. The number of anilines is 2. The molecular formula is C27H38N2O4. The first kappa shape index (κ1) is 26.2. The maximum atomic E-state index is 13.0. The molecule has 0 saturated heterocycles. The molecule has 0 aliphatic rings. The van der Waals surface area contributed by atoms with Crippen molar-refractivity contribution in [1.82, 2.24) is 0 Å². The highest BCUT2D eigenvalue weighted by Crippen LogP contribution is 2.31. The monoisotopic (exact) mass is 454 g/mol. The number of esters is 2. The van der Waals surface area contributed by atoms with Crippen LogP contribution in [0.1, 0.15) is 98.8 Å². The van der Waals surface area contributed by atoms with Crippen LogP contribution in [0.5, 0.6) is 0 Å². The van der Waals surface area contributed by atoms with Gasteiger partial charge in [-0.05, 0) is 61.4 Å². The van der Waals surface area contributed by atoms with E-state index in [1.165, 1.54) is 0 Å². The smallest absolute Gasteiger partial charge is 0.341 e. The van der Waals surface area contributed by atoms with Gasteiger partial charge in [-0.15, -0.1) is 0 Å². The van der Waals surface area contributed by atoms with E-state index in [0.29, 0.717) is 35.3 Å². The number of ether oxygens (including phenoxy) is 2. The van der Waals surface area contributed by atoms with Gasteiger partial charge in [0.25, 0.3) is 5.79 Å².